The molecule has 0 heteroatoms. The lowest BCUT2D eigenvalue weighted by Crippen LogP contribution is -2.21. The lowest BCUT2D eigenvalue weighted by atomic mass is 9.70. The average Bonchev–Trinajstić information content (AvgIpc) is 3.45. The molecule has 0 fully saturated rings. The van der Waals surface area contributed by atoms with Crippen molar-refractivity contribution in [3.05, 3.63) is 118 Å². The van der Waals surface area contributed by atoms with E-state index >= 15 is 0 Å². The summed E-state index contributed by atoms with van der Waals surface area (Å²) in [7, 11) is 0. The Kier molecular flexibility index (Phi) is 5.69. The maximum atomic E-state index is 2.53. The molecule has 3 atom stereocenters. The van der Waals surface area contributed by atoms with Crippen LogP contribution in [-0.4, -0.2) is 0 Å². The Morgan fingerprint density at radius 2 is 1.46 bits per heavy atom. The van der Waals surface area contributed by atoms with Crippen LogP contribution < -0.4 is 0 Å². The fourth-order valence-corrected chi connectivity index (χ4v) is 6.92. The summed E-state index contributed by atoms with van der Waals surface area (Å²) in [5.74, 6) is 1.52. The molecule has 0 aromatic heterocycles. The molecule has 6 rings (SSSR count). The third kappa shape index (κ3) is 3.59. The molecule has 0 saturated carbocycles. The van der Waals surface area contributed by atoms with Gasteiger partial charge in [-0.05, 0) is 69.8 Å². The smallest absolute Gasteiger partial charge is 0.00947 e. The predicted molar refractivity (Wildman–Crippen MR) is 152 cm³/mol. The largest absolute Gasteiger partial charge is 0.0654 e. The second kappa shape index (κ2) is 9.00. The number of hydrogen-bond acceptors (Lipinski definition) is 0. The Balaban J connectivity index is 1.49. The van der Waals surface area contributed by atoms with Crippen molar-refractivity contribution in [2.24, 2.45) is 5.92 Å². The highest BCUT2D eigenvalue weighted by molar-refractivity contribution is 5.94. The van der Waals surface area contributed by atoms with Gasteiger partial charge in [-0.1, -0.05) is 128 Å². The van der Waals surface area contributed by atoms with Crippen molar-refractivity contribution in [1.82, 2.24) is 0 Å². The molecular weight excluding hydrogens is 420 g/mol. The van der Waals surface area contributed by atoms with Crippen LogP contribution in [0.2, 0.25) is 0 Å². The van der Waals surface area contributed by atoms with E-state index in [1.807, 2.05) is 0 Å². The van der Waals surface area contributed by atoms with Gasteiger partial charge in [0.2, 0.25) is 0 Å². The summed E-state index contributed by atoms with van der Waals surface area (Å²) in [6.07, 6.45) is 8.56. The van der Waals surface area contributed by atoms with Gasteiger partial charge < -0.3 is 0 Å². The molecule has 0 heterocycles. The summed E-state index contributed by atoms with van der Waals surface area (Å²) in [5, 5.41) is 2.74. The minimum Gasteiger partial charge on any atom is -0.0654 e. The number of rotatable bonds is 6. The normalized spacial score (nSPS) is 19.3. The van der Waals surface area contributed by atoms with Crippen LogP contribution in [0.3, 0.4) is 0 Å². The summed E-state index contributed by atoms with van der Waals surface area (Å²) in [6, 6.07) is 31.5. The molecule has 2 aliphatic carbocycles. The summed E-state index contributed by atoms with van der Waals surface area (Å²) in [4.78, 5) is 0. The Labute approximate surface area is 210 Å². The van der Waals surface area contributed by atoms with Crippen LogP contribution in [0, 0.1) is 5.92 Å². The zero-order valence-electron chi connectivity index (χ0n) is 21.1. The van der Waals surface area contributed by atoms with Gasteiger partial charge in [0.05, 0.1) is 0 Å². The third-order valence-electron chi connectivity index (χ3n) is 8.38. The van der Waals surface area contributed by atoms with Crippen molar-refractivity contribution in [2.75, 3.05) is 0 Å². The highest BCUT2D eigenvalue weighted by Gasteiger charge is 2.40. The maximum Gasteiger partial charge on any atom is 0.00947 e. The number of allylic oxidation sites excluding steroid dienone is 2. The first-order valence-electron chi connectivity index (χ1n) is 13.3. The first-order chi connectivity index (χ1) is 17.2. The van der Waals surface area contributed by atoms with Gasteiger partial charge in [-0.3, -0.25) is 0 Å². The average molecular weight is 455 g/mol. The second-order valence-electron chi connectivity index (χ2n) is 10.3. The highest BCUT2D eigenvalue weighted by atomic mass is 14.4. The molecule has 35 heavy (non-hydrogen) atoms. The van der Waals surface area contributed by atoms with Gasteiger partial charge in [0, 0.05) is 11.8 Å². The molecule has 0 spiro atoms. The van der Waals surface area contributed by atoms with Crippen LogP contribution >= 0.6 is 0 Å². The molecule has 0 N–H and O–H groups in total. The number of benzene rings is 4. The standard InChI is InChI=1S/C35H34/c1-4-12-31(34-23(3)21-32-27-16-10-9-15-26(27)19-20-30(32)34)35-24(5-2)22-33-28(17-11-18-29(33)35)25-13-7-6-8-14-25/h6-11,13-22,31,34-35H,4-5,12H2,1-3H3. The zero-order valence-corrected chi connectivity index (χ0v) is 21.1. The Morgan fingerprint density at radius 1 is 0.686 bits per heavy atom. The summed E-state index contributed by atoms with van der Waals surface area (Å²) in [6.45, 7) is 7.07. The van der Waals surface area contributed by atoms with E-state index in [9.17, 15) is 0 Å². The lowest BCUT2D eigenvalue weighted by Gasteiger charge is -2.34. The first-order valence-corrected chi connectivity index (χ1v) is 13.3. The van der Waals surface area contributed by atoms with Crippen molar-refractivity contribution >= 4 is 22.9 Å². The van der Waals surface area contributed by atoms with Crippen LogP contribution in [0.5, 0.6) is 0 Å². The van der Waals surface area contributed by atoms with E-state index in [4.69, 9.17) is 0 Å². The minimum atomic E-state index is 0.473. The van der Waals surface area contributed by atoms with Crippen LogP contribution in [0.1, 0.15) is 74.1 Å². The molecule has 4 aromatic carbocycles. The van der Waals surface area contributed by atoms with Crippen molar-refractivity contribution in [3.63, 3.8) is 0 Å². The van der Waals surface area contributed by atoms with Crippen molar-refractivity contribution in [1.29, 1.82) is 0 Å². The van der Waals surface area contributed by atoms with Crippen LogP contribution in [0.4, 0.5) is 0 Å². The molecule has 0 radical (unpaired) electrons. The molecule has 0 nitrogen and oxygen atoms in total. The highest BCUT2D eigenvalue weighted by Crippen LogP contribution is 2.55. The molecule has 2 aliphatic rings. The molecule has 3 unspecified atom stereocenters. The van der Waals surface area contributed by atoms with Crippen molar-refractivity contribution in [3.8, 4) is 11.1 Å². The summed E-state index contributed by atoms with van der Waals surface area (Å²) < 4.78 is 0. The fraction of sp³-hybridized carbons (Fsp3) is 0.257. The van der Waals surface area contributed by atoms with Gasteiger partial charge in [-0.15, -0.1) is 0 Å². The maximum absolute atomic E-state index is 2.53. The second-order valence-corrected chi connectivity index (χ2v) is 10.3. The minimum absolute atomic E-state index is 0.473. The van der Waals surface area contributed by atoms with Gasteiger partial charge in [-0.25, -0.2) is 0 Å². The van der Waals surface area contributed by atoms with E-state index in [0.717, 1.165) is 6.42 Å². The SMILES string of the molecule is CCCC(C1C(CC)=Cc2c(-c3ccccc3)cccc21)C1C(C)=Cc2c1ccc1ccccc21. The van der Waals surface area contributed by atoms with Gasteiger partial charge >= 0.3 is 0 Å². The first kappa shape index (κ1) is 22.1. The van der Waals surface area contributed by atoms with E-state index in [0.29, 0.717) is 17.8 Å². The van der Waals surface area contributed by atoms with Gasteiger partial charge in [-0.2, -0.15) is 0 Å². The van der Waals surface area contributed by atoms with Crippen LogP contribution in [0.25, 0.3) is 34.1 Å². The van der Waals surface area contributed by atoms with Crippen LogP contribution in [-0.2, 0) is 0 Å². The molecule has 0 aliphatic heterocycles. The monoisotopic (exact) mass is 454 g/mol. The van der Waals surface area contributed by atoms with Gasteiger partial charge in [0.1, 0.15) is 0 Å². The molecule has 0 amide bonds. The molecule has 0 bridgehead atoms. The van der Waals surface area contributed by atoms with Crippen LogP contribution in [0.15, 0.2) is 96.1 Å². The Hall–Kier alpha value is -3.38. The van der Waals surface area contributed by atoms with Gasteiger partial charge in [0.25, 0.3) is 0 Å². The number of fused-ring (bicyclic) bond motifs is 4. The molecular formula is C35H34. The van der Waals surface area contributed by atoms with Crippen molar-refractivity contribution < 1.29 is 0 Å². The van der Waals surface area contributed by atoms with E-state index in [-0.39, 0.29) is 0 Å². The predicted octanol–water partition coefficient (Wildman–Crippen LogP) is 10.0. The van der Waals surface area contributed by atoms with Crippen molar-refractivity contribution in [2.45, 2.75) is 51.9 Å². The molecule has 0 saturated heterocycles. The van der Waals surface area contributed by atoms with E-state index < -0.39 is 0 Å². The lowest BCUT2D eigenvalue weighted by molar-refractivity contribution is 0.380. The quantitative estimate of drug-likeness (QED) is 0.272. The van der Waals surface area contributed by atoms with Gasteiger partial charge in [0.15, 0.2) is 0 Å². The summed E-state index contributed by atoms with van der Waals surface area (Å²) >= 11 is 0. The summed E-state index contributed by atoms with van der Waals surface area (Å²) in [5.41, 5.74) is 11.8. The zero-order chi connectivity index (χ0) is 23.9. The van der Waals surface area contributed by atoms with E-state index in [2.05, 4.69) is 118 Å². The fourth-order valence-electron chi connectivity index (χ4n) is 6.92. The topological polar surface area (TPSA) is 0 Å². The van der Waals surface area contributed by atoms with E-state index in [1.165, 1.54) is 62.6 Å². The number of hydrogen-bond donors (Lipinski definition) is 0. The molecule has 4 aromatic rings. The van der Waals surface area contributed by atoms with E-state index in [1.54, 1.807) is 5.57 Å². The Morgan fingerprint density at radius 3 is 2.26 bits per heavy atom. The third-order valence-corrected chi connectivity index (χ3v) is 8.38. The Bertz CT molecular complexity index is 1450. The molecule has 174 valence electrons.